The summed E-state index contributed by atoms with van der Waals surface area (Å²) in [6.45, 7) is 1.72. The van der Waals surface area contributed by atoms with E-state index in [-0.39, 0.29) is 22.8 Å². The van der Waals surface area contributed by atoms with E-state index in [1.54, 1.807) is 13.0 Å². The zero-order chi connectivity index (χ0) is 14.7. The molecule has 0 fully saturated rings. The summed E-state index contributed by atoms with van der Waals surface area (Å²) in [7, 11) is 0. The molecule has 2 aromatic rings. The third kappa shape index (κ3) is 2.61. The molecule has 0 unspecified atom stereocenters. The minimum Gasteiger partial charge on any atom is -0.459 e. The van der Waals surface area contributed by atoms with Crippen molar-refractivity contribution in [2.75, 3.05) is 5.32 Å². The Morgan fingerprint density at radius 1 is 1.45 bits per heavy atom. The number of carbonyl (C=O) groups is 1. The molecule has 104 valence electrons. The van der Waals surface area contributed by atoms with E-state index in [2.05, 4.69) is 10.5 Å². The van der Waals surface area contributed by atoms with Gasteiger partial charge in [0.1, 0.15) is 5.82 Å². The fourth-order valence-electron chi connectivity index (χ4n) is 1.68. The number of aryl methyl sites for hydroxylation is 1. The molecule has 1 heterocycles. The molecule has 0 spiro atoms. The van der Waals surface area contributed by atoms with Crippen LogP contribution < -0.4 is 11.1 Å². The molecular weight excluding hydrogens is 265 g/mol. The van der Waals surface area contributed by atoms with Crippen molar-refractivity contribution in [2.24, 2.45) is 10.9 Å². The van der Waals surface area contributed by atoms with Gasteiger partial charge in [-0.1, -0.05) is 5.16 Å². The SMILES string of the molecule is Cc1ccoc1C(=O)Nc1ccc(F)cc1/C(N)=N/O. The molecule has 0 atom stereocenters. The summed E-state index contributed by atoms with van der Waals surface area (Å²) >= 11 is 0. The molecule has 6 nitrogen and oxygen atoms in total. The Morgan fingerprint density at radius 3 is 2.80 bits per heavy atom. The van der Waals surface area contributed by atoms with Gasteiger partial charge in [0, 0.05) is 11.1 Å². The molecular formula is C13H12FN3O3. The number of anilines is 1. The Hall–Kier alpha value is -2.83. The van der Waals surface area contributed by atoms with Crippen LogP contribution in [0.2, 0.25) is 0 Å². The summed E-state index contributed by atoms with van der Waals surface area (Å²) in [4.78, 5) is 12.0. The number of hydrogen-bond donors (Lipinski definition) is 3. The maximum absolute atomic E-state index is 13.2. The van der Waals surface area contributed by atoms with Crippen molar-refractivity contribution in [3.8, 4) is 0 Å². The summed E-state index contributed by atoms with van der Waals surface area (Å²) in [6.07, 6.45) is 1.39. The molecule has 1 amide bonds. The van der Waals surface area contributed by atoms with Crippen molar-refractivity contribution in [3.05, 3.63) is 53.2 Å². The molecule has 4 N–H and O–H groups in total. The van der Waals surface area contributed by atoms with Crippen LogP contribution >= 0.6 is 0 Å². The van der Waals surface area contributed by atoms with Crippen LogP contribution in [0.4, 0.5) is 10.1 Å². The van der Waals surface area contributed by atoms with Crippen LogP contribution in [-0.4, -0.2) is 17.0 Å². The van der Waals surface area contributed by atoms with E-state index >= 15 is 0 Å². The Labute approximate surface area is 113 Å². The number of oxime groups is 1. The predicted octanol–water partition coefficient (Wildman–Crippen LogP) is 2.07. The van der Waals surface area contributed by atoms with Crippen LogP contribution in [-0.2, 0) is 0 Å². The Morgan fingerprint density at radius 2 is 2.20 bits per heavy atom. The monoisotopic (exact) mass is 277 g/mol. The second-order valence-corrected chi connectivity index (χ2v) is 4.06. The maximum atomic E-state index is 13.2. The van der Waals surface area contributed by atoms with Gasteiger partial charge >= 0.3 is 0 Å². The third-order valence-electron chi connectivity index (χ3n) is 2.68. The smallest absolute Gasteiger partial charge is 0.291 e. The van der Waals surface area contributed by atoms with Crippen molar-refractivity contribution in [1.82, 2.24) is 0 Å². The molecule has 20 heavy (non-hydrogen) atoms. The van der Waals surface area contributed by atoms with Gasteiger partial charge in [-0.3, -0.25) is 4.79 Å². The Kier molecular flexibility index (Phi) is 3.69. The molecule has 0 saturated heterocycles. The largest absolute Gasteiger partial charge is 0.459 e. The van der Waals surface area contributed by atoms with Gasteiger partial charge in [0.05, 0.1) is 12.0 Å². The number of halogens is 1. The van der Waals surface area contributed by atoms with Crippen LogP contribution in [0.5, 0.6) is 0 Å². The lowest BCUT2D eigenvalue weighted by molar-refractivity contribution is 0.0996. The molecule has 7 heteroatoms. The first kappa shape index (κ1) is 13.6. The summed E-state index contributed by atoms with van der Waals surface area (Å²) in [6, 6.07) is 5.17. The zero-order valence-corrected chi connectivity index (χ0v) is 10.6. The number of nitrogens with one attached hydrogen (secondary N) is 1. The van der Waals surface area contributed by atoms with Gasteiger partial charge in [-0.25, -0.2) is 4.39 Å². The number of benzene rings is 1. The molecule has 0 saturated carbocycles. The molecule has 0 aliphatic rings. The quantitative estimate of drug-likeness (QED) is 0.346. The van der Waals surface area contributed by atoms with Crippen LogP contribution in [0, 0.1) is 12.7 Å². The first-order valence-corrected chi connectivity index (χ1v) is 5.66. The highest BCUT2D eigenvalue weighted by Crippen LogP contribution is 2.19. The number of hydrogen-bond acceptors (Lipinski definition) is 4. The molecule has 0 aliphatic heterocycles. The van der Waals surface area contributed by atoms with Gasteiger partial charge in [0.2, 0.25) is 0 Å². The highest BCUT2D eigenvalue weighted by molar-refractivity contribution is 6.09. The topological polar surface area (TPSA) is 101 Å². The van der Waals surface area contributed by atoms with Gasteiger partial charge in [-0.15, -0.1) is 0 Å². The molecule has 0 bridgehead atoms. The summed E-state index contributed by atoms with van der Waals surface area (Å²) in [5.74, 6) is -1.25. The van der Waals surface area contributed by atoms with Crippen molar-refractivity contribution in [1.29, 1.82) is 0 Å². The minimum atomic E-state index is -0.571. The van der Waals surface area contributed by atoms with Crippen molar-refractivity contribution >= 4 is 17.4 Å². The zero-order valence-electron chi connectivity index (χ0n) is 10.6. The van der Waals surface area contributed by atoms with Crippen molar-refractivity contribution in [3.63, 3.8) is 0 Å². The average Bonchev–Trinajstić information content (AvgIpc) is 2.86. The van der Waals surface area contributed by atoms with Crippen LogP contribution in [0.25, 0.3) is 0 Å². The van der Waals surface area contributed by atoms with E-state index in [9.17, 15) is 9.18 Å². The second kappa shape index (κ2) is 5.43. The Bertz CT molecular complexity index is 679. The third-order valence-corrected chi connectivity index (χ3v) is 2.68. The number of furan rings is 1. The summed E-state index contributed by atoms with van der Waals surface area (Å²) in [5.41, 5.74) is 6.39. The lowest BCUT2D eigenvalue weighted by Gasteiger charge is -2.09. The molecule has 0 radical (unpaired) electrons. The molecule has 2 rings (SSSR count). The maximum Gasteiger partial charge on any atom is 0.291 e. The molecule has 1 aromatic carbocycles. The number of amides is 1. The van der Waals surface area contributed by atoms with Gasteiger partial charge < -0.3 is 20.7 Å². The molecule has 1 aromatic heterocycles. The van der Waals surface area contributed by atoms with Gasteiger partial charge in [-0.05, 0) is 31.2 Å². The van der Waals surface area contributed by atoms with Crippen molar-refractivity contribution in [2.45, 2.75) is 6.92 Å². The van der Waals surface area contributed by atoms with E-state index in [0.29, 0.717) is 5.56 Å². The number of nitrogens with two attached hydrogens (primary N) is 1. The van der Waals surface area contributed by atoms with E-state index in [0.717, 1.165) is 12.1 Å². The van der Waals surface area contributed by atoms with E-state index in [1.807, 2.05) is 0 Å². The van der Waals surface area contributed by atoms with Gasteiger partial charge in [0.25, 0.3) is 5.91 Å². The van der Waals surface area contributed by atoms with E-state index in [1.165, 1.54) is 12.3 Å². The number of nitrogens with zero attached hydrogens (tertiary/aromatic N) is 1. The fraction of sp³-hybridized carbons (Fsp3) is 0.0769. The number of rotatable bonds is 3. The van der Waals surface area contributed by atoms with E-state index < -0.39 is 11.7 Å². The highest BCUT2D eigenvalue weighted by Gasteiger charge is 2.16. The average molecular weight is 277 g/mol. The lowest BCUT2D eigenvalue weighted by Crippen LogP contribution is -2.19. The first-order valence-electron chi connectivity index (χ1n) is 5.66. The number of carbonyl (C=O) groups excluding carboxylic acids is 1. The summed E-state index contributed by atoms with van der Waals surface area (Å²) in [5, 5.41) is 14.0. The van der Waals surface area contributed by atoms with Gasteiger partial charge in [-0.2, -0.15) is 0 Å². The first-order chi connectivity index (χ1) is 9.52. The van der Waals surface area contributed by atoms with Gasteiger partial charge in [0.15, 0.2) is 11.6 Å². The predicted molar refractivity (Wildman–Crippen MR) is 70.3 cm³/mol. The normalized spacial score (nSPS) is 11.4. The minimum absolute atomic E-state index is 0.0741. The van der Waals surface area contributed by atoms with Crippen LogP contribution in [0.15, 0.2) is 40.1 Å². The highest BCUT2D eigenvalue weighted by atomic mass is 19.1. The fourth-order valence-corrected chi connectivity index (χ4v) is 1.68. The standard InChI is InChI=1S/C13H12FN3O3/c1-7-4-5-20-11(7)13(18)16-10-3-2-8(14)6-9(10)12(15)17-19/h2-6,19H,1H3,(H2,15,17)(H,16,18). The Balaban J connectivity index is 2.35. The van der Waals surface area contributed by atoms with E-state index in [4.69, 9.17) is 15.4 Å². The van der Waals surface area contributed by atoms with Crippen molar-refractivity contribution < 1.29 is 18.8 Å². The lowest BCUT2D eigenvalue weighted by atomic mass is 10.1. The second-order valence-electron chi connectivity index (χ2n) is 4.06. The number of amidine groups is 1. The summed E-state index contributed by atoms with van der Waals surface area (Å²) < 4.78 is 18.2. The molecule has 0 aliphatic carbocycles. The van der Waals surface area contributed by atoms with Crippen LogP contribution in [0.3, 0.4) is 0 Å². The van der Waals surface area contributed by atoms with Crippen LogP contribution in [0.1, 0.15) is 21.7 Å².